The van der Waals surface area contributed by atoms with Gasteiger partial charge in [-0.2, -0.15) is 0 Å². The van der Waals surface area contributed by atoms with Crippen LogP contribution in [0.5, 0.6) is 0 Å². The van der Waals surface area contributed by atoms with Crippen LogP contribution in [0.2, 0.25) is 0 Å². The smallest absolute Gasteiger partial charge is 0.338 e. The summed E-state index contributed by atoms with van der Waals surface area (Å²) in [6, 6.07) is 12.3. The van der Waals surface area contributed by atoms with E-state index in [4.69, 9.17) is 4.74 Å². The first-order valence-corrected chi connectivity index (χ1v) is 11.0. The first kappa shape index (κ1) is 21.8. The first-order chi connectivity index (χ1) is 15.4. The molecule has 0 aliphatic carbocycles. The zero-order valence-electron chi connectivity index (χ0n) is 18.2. The number of carbonyl (C=O) groups excluding carboxylic acids is 2. The molecule has 0 bridgehead atoms. The number of amides is 1. The molecule has 2 aliphatic rings. The minimum Gasteiger partial charge on any atom is -0.452 e. The summed E-state index contributed by atoms with van der Waals surface area (Å²) in [5.41, 5.74) is 2.79. The van der Waals surface area contributed by atoms with Crippen molar-refractivity contribution in [2.24, 2.45) is 5.92 Å². The second-order valence-corrected chi connectivity index (χ2v) is 8.54. The minimum atomic E-state index is -0.738. The second kappa shape index (κ2) is 9.38. The summed E-state index contributed by atoms with van der Waals surface area (Å²) < 4.78 is 5.20. The van der Waals surface area contributed by atoms with E-state index in [0.29, 0.717) is 24.7 Å². The number of ether oxygens (including phenoxy) is 1. The van der Waals surface area contributed by atoms with Crippen LogP contribution >= 0.6 is 0 Å². The van der Waals surface area contributed by atoms with Gasteiger partial charge in [-0.3, -0.25) is 14.9 Å². The fourth-order valence-electron chi connectivity index (χ4n) is 4.32. The maximum absolute atomic E-state index is 12.5. The molecule has 8 heteroatoms. The monoisotopic (exact) mass is 437 g/mol. The van der Waals surface area contributed by atoms with Gasteiger partial charge in [0.15, 0.2) is 6.61 Å². The van der Waals surface area contributed by atoms with Gasteiger partial charge in [-0.05, 0) is 48.4 Å². The summed E-state index contributed by atoms with van der Waals surface area (Å²) in [6.45, 7) is 4.34. The zero-order chi connectivity index (χ0) is 22.7. The van der Waals surface area contributed by atoms with Crippen LogP contribution in [0.3, 0.4) is 0 Å². The van der Waals surface area contributed by atoms with Crippen LogP contribution in [0.4, 0.5) is 11.4 Å². The number of rotatable bonds is 5. The molecular formula is C24H27N3O5. The highest BCUT2D eigenvalue weighted by Crippen LogP contribution is 2.32. The van der Waals surface area contributed by atoms with Crippen molar-refractivity contribution in [1.29, 1.82) is 0 Å². The number of fused-ring (bicyclic) bond motifs is 1. The van der Waals surface area contributed by atoms with Crippen LogP contribution in [-0.2, 0) is 22.5 Å². The maximum Gasteiger partial charge on any atom is 0.338 e. The van der Waals surface area contributed by atoms with Gasteiger partial charge in [0.2, 0.25) is 0 Å². The summed E-state index contributed by atoms with van der Waals surface area (Å²) >= 11 is 0. The molecule has 1 fully saturated rings. The number of hydrogen-bond donors (Lipinski definition) is 0. The van der Waals surface area contributed by atoms with Crippen molar-refractivity contribution in [2.75, 3.05) is 31.1 Å². The molecule has 0 spiro atoms. The van der Waals surface area contributed by atoms with Crippen molar-refractivity contribution >= 4 is 23.3 Å². The van der Waals surface area contributed by atoms with E-state index >= 15 is 0 Å². The highest BCUT2D eigenvalue weighted by molar-refractivity contribution is 5.93. The van der Waals surface area contributed by atoms with Gasteiger partial charge in [0.05, 0.1) is 10.5 Å². The standard InChI is InChI=1S/C24H27N3O5/c1-17-8-11-25(12-9-17)21-7-6-19(14-22(21)27(30)31)24(29)32-16-23(28)26-13-10-18-4-2-3-5-20(18)15-26/h2-7,14,17H,8-13,15-16H2,1H3. The molecule has 168 valence electrons. The van der Waals surface area contributed by atoms with Crippen LogP contribution in [0.25, 0.3) is 0 Å². The van der Waals surface area contributed by atoms with Gasteiger partial charge in [0, 0.05) is 32.2 Å². The van der Waals surface area contributed by atoms with Crippen LogP contribution < -0.4 is 4.90 Å². The van der Waals surface area contributed by atoms with Crippen molar-refractivity contribution in [3.63, 3.8) is 0 Å². The number of hydrogen-bond acceptors (Lipinski definition) is 6. The van der Waals surface area contributed by atoms with E-state index in [1.807, 2.05) is 23.1 Å². The van der Waals surface area contributed by atoms with Gasteiger partial charge >= 0.3 is 5.97 Å². The number of carbonyl (C=O) groups is 2. The Kier molecular flexibility index (Phi) is 6.39. The van der Waals surface area contributed by atoms with E-state index in [1.54, 1.807) is 11.0 Å². The third-order valence-electron chi connectivity index (χ3n) is 6.34. The quantitative estimate of drug-likeness (QED) is 0.403. The Morgan fingerprint density at radius 1 is 1.09 bits per heavy atom. The number of anilines is 1. The fraction of sp³-hybridized carbons (Fsp3) is 0.417. The van der Waals surface area contributed by atoms with E-state index in [2.05, 4.69) is 13.0 Å². The molecule has 0 N–H and O–H groups in total. The summed E-state index contributed by atoms with van der Waals surface area (Å²) in [7, 11) is 0. The van der Waals surface area contributed by atoms with Crippen LogP contribution in [-0.4, -0.2) is 47.9 Å². The topological polar surface area (TPSA) is 93.0 Å². The Hall–Kier alpha value is -3.42. The Morgan fingerprint density at radius 3 is 2.53 bits per heavy atom. The summed E-state index contributed by atoms with van der Waals surface area (Å²) in [5, 5.41) is 11.6. The molecule has 0 saturated carbocycles. The fourth-order valence-corrected chi connectivity index (χ4v) is 4.32. The highest BCUT2D eigenvalue weighted by Gasteiger charge is 2.26. The molecule has 2 aromatic carbocycles. The Bertz CT molecular complexity index is 1030. The molecule has 0 aromatic heterocycles. The molecule has 4 rings (SSSR count). The van der Waals surface area contributed by atoms with Crippen molar-refractivity contribution < 1.29 is 19.2 Å². The highest BCUT2D eigenvalue weighted by atomic mass is 16.6. The molecule has 2 heterocycles. The normalized spacial score (nSPS) is 16.4. The largest absolute Gasteiger partial charge is 0.452 e. The molecule has 0 atom stereocenters. The van der Waals surface area contributed by atoms with Crippen LogP contribution in [0, 0.1) is 16.0 Å². The Balaban J connectivity index is 1.39. The van der Waals surface area contributed by atoms with E-state index < -0.39 is 10.9 Å². The van der Waals surface area contributed by atoms with Gasteiger partial charge in [-0.1, -0.05) is 31.2 Å². The number of nitro groups is 1. The van der Waals surface area contributed by atoms with Gasteiger partial charge in [0.25, 0.3) is 11.6 Å². The van der Waals surface area contributed by atoms with Crippen molar-refractivity contribution in [3.8, 4) is 0 Å². The average Bonchev–Trinajstić information content (AvgIpc) is 2.82. The molecule has 2 aromatic rings. The van der Waals surface area contributed by atoms with Crippen LogP contribution in [0.15, 0.2) is 42.5 Å². The predicted octanol–water partition coefficient (Wildman–Crippen LogP) is 3.57. The summed E-state index contributed by atoms with van der Waals surface area (Å²) in [5.74, 6) is -0.412. The molecule has 0 radical (unpaired) electrons. The van der Waals surface area contributed by atoms with Gasteiger partial charge in [-0.15, -0.1) is 0 Å². The number of nitro benzene ring substituents is 1. The van der Waals surface area contributed by atoms with Crippen LogP contribution in [0.1, 0.15) is 41.3 Å². The lowest BCUT2D eigenvalue weighted by Gasteiger charge is -2.31. The van der Waals surface area contributed by atoms with Crippen molar-refractivity contribution in [3.05, 3.63) is 69.3 Å². The van der Waals surface area contributed by atoms with Crippen molar-refractivity contribution in [1.82, 2.24) is 4.90 Å². The lowest BCUT2D eigenvalue weighted by molar-refractivity contribution is -0.384. The predicted molar refractivity (Wildman–Crippen MR) is 120 cm³/mol. The zero-order valence-corrected chi connectivity index (χ0v) is 18.2. The molecule has 8 nitrogen and oxygen atoms in total. The number of piperidine rings is 1. The molecule has 1 saturated heterocycles. The average molecular weight is 437 g/mol. The third-order valence-corrected chi connectivity index (χ3v) is 6.34. The maximum atomic E-state index is 12.5. The molecule has 32 heavy (non-hydrogen) atoms. The van der Waals surface area contributed by atoms with Gasteiger partial charge in [-0.25, -0.2) is 4.79 Å². The lowest BCUT2D eigenvalue weighted by atomic mass is 9.98. The van der Waals surface area contributed by atoms with E-state index in [-0.39, 0.29) is 23.8 Å². The Labute approximate surface area is 186 Å². The van der Waals surface area contributed by atoms with Crippen molar-refractivity contribution in [2.45, 2.75) is 32.7 Å². The lowest BCUT2D eigenvalue weighted by Crippen LogP contribution is -2.38. The van der Waals surface area contributed by atoms with Gasteiger partial charge in [0.1, 0.15) is 5.69 Å². The van der Waals surface area contributed by atoms with Gasteiger partial charge < -0.3 is 14.5 Å². The summed E-state index contributed by atoms with van der Waals surface area (Å²) in [4.78, 5) is 39.9. The Morgan fingerprint density at radius 2 is 1.81 bits per heavy atom. The first-order valence-electron chi connectivity index (χ1n) is 11.0. The molecule has 2 aliphatic heterocycles. The number of nitrogens with zero attached hydrogens (tertiary/aromatic N) is 3. The second-order valence-electron chi connectivity index (χ2n) is 8.54. The van der Waals surface area contributed by atoms with E-state index in [1.165, 1.54) is 17.7 Å². The third kappa shape index (κ3) is 4.74. The SMILES string of the molecule is CC1CCN(c2ccc(C(=O)OCC(=O)N3CCc4ccccc4C3)cc2[N+](=O)[O-])CC1. The minimum absolute atomic E-state index is 0.0719. The molecule has 1 amide bonds. The molecule has 0 unspecified atom stereocenters. The number of esters is 1. The van der Waals surface area contributed by atoms with E-state index in [0.717, 1.165) is 37.9 Å². The molecular weight excluding hydrogens is 410 g/mol. The summed E-state index contributed by atoms with van der Waals surface area (Å²) in [6.07, 6.45) is 2.72. The number of benzene rings is 2. The van der Waals surface area contributed by atoms with E-state index in [9.17, 15) is 19.7 Å².